The number of anilines is 2. The van der Waals surface area contributed by atoms with Gasteiger partial charge >= 0.3 is 6.18 Å². The van der Waals surface area contributed by atoms with E-state index in [0.717, 1.165) is 12.1 Å². The molecule has 0 bridgehead atoms. The molecule has 2 atom stereocenters. The molecule has 0 spiro atoms. The third-order valence-electron chi connectivity index (χ3n) is 6.21. The standard InChI is InChI=1S/C24H28F3N5O4S/c1-12(14-6-15(24(25,26)27)8-16(28)7-14)30-23-17-10-20(36-3)18(9-19(17)31-13(2)32-23)22(33)21-11-29-4-5-37(21,34)35/h6-10,12,21,29,34-35H,4-5,11,28H2,1-3H3,(H,30,31,32)/t12-,21-/m1/s1. The number of hydrogen-bond donors (Lipinski definition) is 5. The number of ketones is 1. The van der Waals surface area contributed by atoms with Crippen molar-refractivity contribution >= 4 is 38.8 Å². The first-order valence-corrected chi connectivity index (χ1v) is 13.2. The molecule has 0 aliphatic carbocycles. The van der Waals surface area contributed by atoms with Crippen molar-refractivity contribution in [3.63, 3.8) is 0 Å². The fourth-order valence-corrected chi connectivity index (χ4v) is 5.87. The molecule has 0 saturated carbocycles. The molecule has 1 saturated heterocycles. The predicted molar refractivity (Wildman–Crippen MR) is 137 cm³/mol. The molecule has 13 heteroatoms. The lowest BCUT2D eigenvalue weighted by Crippen LogP contribution is -2.45. The van der Waals surface area contributed by atoms with Crippen LogP contribution in [0.2, 0.25) is 0 Å². The quantitative estimate of drug-likeness (QED) is 0.224. The SMILES string of the molecule is COc1cc2c(N[C@H](C)c3cc(N)cc(C(F)(F)F)c3)nc(C)nc2cc1C(=O)[C@H]1CNCCS1(O)O. The van der Waals surface area contributed by atoms with Crippen LogP contribution in [0.5, 0.6) is 5.75 Å². The number of nitrogens with zero attached hydrogens (tertiary/aromatic N) is 2. The molecule has 2 aromatic carbocycles. The zero-order valence-corrected chi connectivity index (χ0v) is 21.2. The Hall–Kier alpha value is -3.13. The lowest BCUT2D eigenvalue weighted by atomic mass is 10.0. The molecule has 0 radical (unpaired) electrons. The van der Waals surface area contributed by atoms with Gasteiger partial charge in [0.1, 0.15) is 22.6 Å². The van der Waals surface area contributed by atoms with E-state index in [2.05, 4.69) is 20.6 Å². The van der Waals surface area contributed by atoms with Crippen molar-refractivity contribution in [1.82, 2.24) is 15.3 Å². The van der Waals surface area contributed by atoms with Crippen LogP contribution >= 0.6 is 10.6 Å². The van der Waals surface area contributed by atoms with Crippen LogP contribution in [0.4, 0.5) is 24.7 Å². The normalized spacial score (nSPS) is 19.3. The Kier molecular flexibility index (Phi) is 7.25. The van der Waals surface area contributed by atoms with Crippen molar-refractivity contribution in [3.05, 3.63) is 52.8 Å². The largest absolute Gasteiger partial charge is 0.496 e. The summed E-state index contributed by atoms with van der Waals surface area (Å²) < 4.78 is 66.2. The van der Waals surface area contributed by atoms with Crippen molar-refractivity contribution in [2.45, 2.75) is 31.3 Å². The summed E-state index contributed by atoms with van der Waals surface area (Å²) in [6.45, 7) is 3.84. The minimum atomic E-state index is -4.55. The number of halogens is 3. The van der Waals surface area contributed by atoms with Crippen molar-refractivity contribution in [2.24, 2.45) is 0 Å². The van der Waals surface area contributed by atoms with Gasteiger partial charge in [0.05, 0.1) is 35.5 Å². The highest BCUT2D eigenvalue weighted by Gasteiger charge is 2.37. The van der Waals surface area contributed by atoms with Crippen LogP contribution in [-0.2, 0) is 6.18 Å². The number of methoxy groups -OCH3 is 1. The molecule has 2 heterocycles. The lowest BCUT2D eigenvalue weighted by Gasteiger charge is -2.42. The summed E-state index contributed by atoms with van der Waals surface area (Å²) in [5.74, 6) is 0.464. The Bertz CT molecular complexity index is 1350. The summed E-state index contributed by atoms with van der Waals surface area (Å²) in [6.07, 6.45) is -4.55. The first kappa shape index (κ1) is 26.9. The number of carbonyl (C=O) groups excluding carboxylic acids is 1. The van der Waals surface area contributed by atoms with Crippen LogP contribution in [0.15, 0.2) is 30.3 Å². The average Bonchev–Trinajstić information content (AvgIpc) is 2.81. The molecule has 4 rings (SSSR count). The van der Waals surface area contributed by atoms with E-state index in [9.17, 15) is 27.1 Å². The van der Waals surface area contributed by atoms with Crippen LogP contribution in [-0.4, -0.2) is 56.1 Å². The van der Waals surface area contributed by atoms with Crippen LogP contribution in [0.1, 0.15) is 40.3 Å². The van der Waals surface area contributed by atoms with E-state index in [0.29, 0.717) is 34.7 Å². The number of nitrogens with two attached hydrogens (primary N) is 1. The van der Waals surface area contributed by atoms with Gasteiger partial charge in [-0.1, -0.05) is 0 Å². The fourth-order valence-electron chi connectivity index (χ4n) is 4.29. The maximum atomic E-state index is 13.3. The third-order valence-corrected chi connectivity index (χ3v) is 8.31. The Morgan fingerprint density at radius 2 is 1.97 bits per heavy atom. The van der Waals surface area contributed by atoms with Gasteiger partial charge in [-0.15, -0.1) is 0 Å². The summed E-state index contributed by atoms with van der Waals surface area (Å²) >= 11 is 0. The zero-order valence-electron chi connectivity index (χ0n) is 20.4. The Morgan fingerprint density at radius 3 is 2.62 bits per heavy atom. The number of fused-ring (bicyclic) bond motifs is 1. The van der Waals surface area contributed by atoms with E-state index in [1.807, 2.05) is 0 Å². The number of Topliss-reactive ketones (excluding diaryl/α,β-unsaturated/α-hetero) is 1. The van der Waals surface area contributed by atoms with Crippen LogP contribution in [0.3, 0.4) is 0 Å². The number of nitrogen functional groups attached to an aromatic ring is 1. The molecule has 1 aliphatic heterocycles. The van der Waals surface area contributed by atoms with E-state index >= 15 is 0 Å². The van der Waals surface area contributed by atoms with E-state index in [1.54, 1.807) is 19.9 Å². The van der Waals surface area contributed by atoms with Gasteiger partial charge in [0.25, 0.3) is 0 Å². The molecule has 6 N–H and O–H groups in total. The van der Waals surface area contributed by atoms with Crippen LogP contribution < -0.4 is 21.1 Å². The molecule has 1 aromatic heterocycles. The summed E-state index contributed by atoms with van der Waals surface area (Å²) in [4.78, 5) is 22.2. The molecule has 9 nitrogen and oxygen atoms in total. The fraction of sp³-hybridized carbons (Fsp3) is 0.375. The zero-order chi connectivity index (χ0) is 27.1. The molecule has 200 valence electrons. The number of aryl methyl sites for hydroxylation is 1. The van der Waals surface area contributed by atoms with Gasteiger partial charge in [0, 0.05) is 24.2 Å². The maximum absolute atomic E-state index is 13.3. The number of ether oxygens (including phenoxy) is 1. The van der Waals surface area contributed by atoms with Gasteiger partial charge in [-0.05, 0) is 49.7 Å². The molecule has 1 aliphatic rings. The predicted octanol–water partition coefficient (Wildman–Crippen LogP) is 4.63. The summed E-state index contributed by atoms with van der Waals surface area (Å²) in [6, 6.07) is 5.80. The van der Waals surface area contributed by atoms with Crippen molar-refractivity contribution in [3.8, 4) is 5.75 Å². The first-order chi connectivity index (χ1) is 17.3. The summed E-state index contributed by atoms with van der Waals surface area (Å²) in [7, 11) is -1.75. The molecule has 0 amide bonds. The topological polar surface area (TPSA) is 143 Å². The molecular weight excluding hydrogens is 511 g/mol. The molecular formula is C24H28F3N5O4S. The van der Waals surface area contributed by atoms with Gasteiger partial charge in [-0.25, -0.2) is 9.97 Å². The number of aromatic nitrogens is 2. The molecule has 0 unspecified atom stereocenters. The van der Waals surface area contributed by atoms with E-state index in [1.165, 1.54) is 19.2 Å². The van der Waals surface area contributed by atoms with Crippen LogP contribution in [0.25, 0.3) is 10.9 Å². The van der Waals surface area contributed by atoms with Crippen molar-refractivity contribution in [1.29, 1.82) is 0 Å². The van der Waals surface area contributed by atoms with E-state index < -0.39 is 39.4 Å². The van der Waals surface area contributed by atoms with E-state index in [-0.39, 0.29) is 29.3 Å². The third kappa shape index (κ3) is 5.59. The van der Waals surface area contributed by atoms with Gasteiger partial charge < -0.3 is 21.1 Å². The highest BCUT2D eigenvalue weighted by atomic mass is 32.3. The van der Waals surface area contributed by atoms with Crippen molar-refractivity contribution in [2.75, 3.05) is 37.0 Å². The second-order valence-corrected chi connectivity index (χ2v) is 11.3. The number of nitrogens with one attached hydrogen (secondary N) is 2. The number of carbonyl (C=O) groups is 1. The highest BCUT2D eigenvalue weighted by Crippen LogP contribution is 2.47. The smallest absolute Gasteiger partial charge is 0.416 e. The average molecular weight is 540 g/mol. The Morgan fingerprint density at radius 1 is 1.24 bits per heavy atom. The minimum absolute atomic E-state index is 0.0183. The molecule has 1 fully saturated rings. The van der Waals surface area contributed by atoms with E-state index in [4.69, 9.17) is 10.5 Å². The number of alkyl halides is 3. The van der Waals surface area contributed by atoms with Gasteiger partial charge in [0.15, 0.2) is 5.78 Å². The second kappa shape index (κ2) is 9.97. The Labute approximate surface area is 213 Å². The maximum Gasteiger partial charge on any atom is 0.416 e. The highest BCUT2D eigenvalue weighted by molar-refractivity contribution is 8.25. The number of hydrogen-bond acceptors (Lipinski definition) is 9. The minimum Gasteiger partial charge on any atom is -0.496 e. The number of benzene rings is 2. The monoisotopic (exact) mass is 539 g/mol. The molecule has 37 heavy (non-hydrogen) atoms. The van der Waals surface area contributed by atoms with Gasteiger partial charge in [-0.3, -0.25) is 13.9 Å². The second-order valence-electron chi connectivity index (χ2n) is 8.92. The first-order valence-electron chi connectivity index (χ1n) is 11.4. The molecule has 3 aromatic rings. The summed E-state index contributed by atoms with van der Waals surface area (Å²) in [5, 5.41) is 5.58. The van der Waals surface area contributed by atoms with Gasteiger partial charge in [0.2, 0.25) is 0 Å². The van der Waals surface area contributed by atoms with Crippen LogP contribution in [0, 0.1) is 6.92 Å². The Balaban J connectivity index is 1.74. The summed E-state index contributed by atoms with van der Waals surface area (Å²) in [5.41, 5.74) is 5.69. The van der Waals surface area contributed by atoms with Crippen molar-refractivity contribution < 1.29 is 31.8 Å². The number of rotatable bonds is 6. The van der Waals surface area contributed by atoms with Gasteiger partial charge in [-0.2, -0.15) is 23.8 Å². The lowest BCUT2D eigenvalue weighted by molar-refractivity contribution is -0.137.